The van der Waals surface area contributed by atoms with Gasteiger partial charge in [-0.3, -0.25) is 4.98 Å². The second kappa shape index (κ2) is 3.21. The van der Waals surface area contributed by atoms with Crippen molar-refractivity contribution < 1.29 is 0 Å². The van der Waals surface area contributed by atoms with Gasteiger partial charge in [0.05, 0.1) is 0 Å². The van der Waals surface area contributed by atoms with Crippen LogP contribution < -0.4 is 0 Å². The highest BCUT2D eigenvalue weighted by atomic mass is 14.6. The third kappa shape index (κ3) is 1.59. The minimum Gasteiger partial charge on any atom is -0.264 e. The highest BCUT2D eigenvalue weighted by Crippen LogP contribution is 2.16. The van der Waals surface area contributed by atoms with Crippen molar-refractivity contribution in [3.05, 3.63) is 29.6 Å². The Kier molecular flexibility index (Phi) is 2.28. The standard InChI is InChI=1S/C10H11N/c1-4-8(2)10-5-6-11-7-9(10)3/h1,5-8H,2-3H3. The number of hydrogen-bond acceptors (Lipinski definition) is 1. The van der Waals surface area contributed by atoms with Crippen LogP contribution in [0.4, 0.5) is 0 Å². The van der Waals surface area contributed by atoms with Crippen molar-refractivity contribution in [2.75, 3.05) is 0 Å². The van der Waals surface area contributed by atoms with Crippen LogP contribution >= 0.6 is 0 Å². The van der Waals surface area contributed by atoms with Crippen molar-refractivity contribution in [2.45, 2.75) is 19.8 Å². The second-order valence-electron chi connectivity index (χ2n) is 2.62. The predicted molar refractivity (Wildman–Crippen MR) is 46.2 cm³/mol. The zero-order chi connectivity index (χ0) is 8.27. The highest BCUT2D eigenvalue weighted by Gasteiger charge is 2.02. The Balaban J connectivity index is 3.05. The molecule has 56 valence electrons. The van der Waals surface area contributed by atoms with Crippen molar-refractivity contribution in [1.82, 2.24) is 4.98 Å². The molecule has 1 atom stereocenters. The number of aromatic nitrogens is 1. The normalized spacial score (nSPS) is 12.1. The summed E-state index contributed by atoms with van der Waals surface area (Å²) >= 11 is 0. The van der Waals surface area contributed by atoms with Gasteiger partial charge >= 0.3 is 0 Å². The minimum atomic E-state index is 0.193. The van der Waals surface area contributed by atoms with Gasteiger partial charge in [0, 0.05) is 18.3 Å². The Bertz CT molecular complexity index is 283. The second-order valence-corrected chi connectivity index (χ2v) is 2.62. The van der Waals surface area contributed by atoms with Crippen LogP contribution in [0.2, 0.25) is 0 Å². The average Bonchev–Trinajstić information content (AvgIpc) is 2.04. The molecule has 1 unspecified atom stereocenters. The summed E-state index contributed by atoms with van der Waals surface area (Å²) in [6.07, 6.45) is 8.91. The molecule has 0 fully saturated rings. The fourth-order valence-corrected chi connectivity index (χ4v) is 1.06. The molecule has 1 rings (SSSR count). The molecule has 0 aliphatic carbocycles. The Morgan fingerprint density at radius 1 is 1.64 bits per heavy atom. The maximum Gasteiger partial charge on any atom is 0.0425 e. The number of terminal acetylenes is 1. The first-order valence-electron chi connectivity index (χ1n) is 3.62. The van der Waals surface area contributed by atoms with E-state index in [1.807, 2.05) is 26.1 Å². The molecule has 0 bridgehead atoms. The summed E-state index contributed by atoms with van der Waals surface area (Å²) in [6.45, 7) is 4.04. The van der Waals surface area contributed by atoms with Gasteiger partial charge in [-0.15, -0.1) is 6.42 Å². The van der Waals surface area contributed by atoms with Crippen LogP contribution in [0.1, 0.15) is 24.0 Å². The van der Waals surface area contributed by atoms with Crippen LogP contribution in [0, 0.1) is 19.3 Å². The average molecular weight is 145 g/mol. The van der Waals surface area contributed by atoms with Crippen molar-refractivity contribution in [3.63, 3.8) is 0 Å². The molecule has 0 saturated heterocycles. The van der Waals surface area contributed by atoms with Gasteiger partial charge < -0.3 is 0 Å². The highest BCUT2D eigenvalue weighted by molar-refractivity contribution is 5.30. The molecule has 11 heavy (non-hydrogen) atoms. The Labute approximate surface area is 67.5 Å². The summed E-state index contributed by atoms with van der Waals surface area (Å²) in [5.41, 5.74) is 2.36. The van der Waals surface area contributed by atoms with Gasteiger partial charge in [-0.2, -0.15) is 0 Å². The minimum absolute atomic E-state index is 0.193. The van der Waals surface area contributed by atoms with Crippen LogP contribution in [0.15, 0.2) is 18.5 Å². The molecule has 0 aliphatic rings. The molecule has 0 N–H and O–H groups in total. The number of rotatable bonds is 1. The zero-order valence-corrected chi connectivity index (χ0v) is 6.83. The van der Waals surface area contributed by atoms with Crippen molar-refractivity contribution in [1.29, 1.82) is 0 Å². The summed E-state index contributed by atoms with van der Waals surface area (Å²) in [4.78, 5) is 3.99. The molecule has 0 spiro atoms. The van der Waals surface area contributed by atoms with E-state index in [4.69, 9.17) is 6.42 Å². The largest absolute Gasteiger partial charge is 0.264 e. The van der Waals surface area contributed by atoms with Gasteiger partial charge in [-0.25, -0.2) is 0 Å². The summed E-state index contributed by atoms with van der Waals surface area (Å²) in [5, 5.41) is 0. The molecule has 0 amide bonds. The molecule has 1 nitrogen and oxygen atoms in total. The molecule has 0 aromatic carbocycles. The molecular formula is C10H11N. The van der Waals surface area contributed by atoms with E-state index in [-0.39, 0.29) is 5.92 Å². The maximum absolute atomic E-state index is 5.30. The smallest absolute Gasteiger partial charge is 0.0425 e. The van der Waals surface area contributed by atoms with Gasteiger partial charge in [-0.05, 0) is 31.0 Å². The number of hydrogen-bond donors (Lipinski definition) is 0. The molecule has 1 heteroatoms. The van der Waals surface area contributed by atoms with Crippen LogP contribution in [-0.2, 0) is 0 Å². The lowest BCUT2D eigenvalue weighted by Gasteiger charge is -2.06. The van der Waals surface area contributed by atoms with Gasteiger partial charge in [0.1, 0.15) is 0 Å². The first-order valence-corrected chi connectivity index (χ1v) is 3.62. The lowest BCUT2D eigenvalue weighted by Crippen LogP contribution is -1.93. The third-order valence-corrected chi connectivity index (χ3v) is 1.78. The number of aryl methyl sites for hydroxylation is 1. The molecular weight excluding hydrogens is 134 g/mol. The first-order chi connectivity index (χ1) is 5.25. The maximum atomic E-state index is 5.30. The van der Waals surface area contributed by atoms with E-state index in [0.29, 0.717) is 0 Å². The topological polar surface area (TPSA) is 12.9 Å². The fourth-order valence-electron chi connectivity index (χ4n) is 1.06. The Morgan fingerprint density at radius 2 is 2.36 bits per heavy atom. The van der Waals surface area contributed by atoms with Gasteiger partial charge in [0.25, 0.3) is 0 Å². The molecule has 1 heterocycles. The summed E-state index contributed by atoms with van der Waals surface area (Å²) in [6, 6.07) is 1.97. The van der Waals surface area contributed by atoms with E-state index < -0.39 is 0 Å². The predicted octanol–water partition coefficient (Wildman–Crippen LogP) is 2.13. The van der Waals surface area contributed by atoms with E-state index >= 15 is 0 Å². The first kappa shape index (κ1) is 7.81. The Hall–Kier alpha value is -1.29. The van der Waals surface area contributed by atoms with Crippen molar-refractivity contribution >= 4 is 0 Å². The van der Waals surface area contributed by atoms with Gasteiger partial charge in [-0.1, -0.05) is 5.92 Å². The molecule has 0 saturated carbocycles. The van der Waals surface area contributed by atoms with Crippen molar-refractivity contribution in [2.24, 2.45) is 0 Å². The Morgan fingerprint density at radius 3 is 2.91 bits per heavy atom. The number of nitrogens with zero attached hydrogens (tertiary/aromatic N) is 1. The van der Waals surface area contributed by atoms with Gasteiger partial charge in [0.2, 0.25) is 0 Å². The molecule has 1 aromatic heterocycles. The summed E-state index contributed by atoms with van der Waals surface area (Å²) in [5.74, 6) is 2.89. The van der Waals surface area contributed by atoms with Crippen LogP contribution in [0.5, 0.6) is 0 Å². The van der Waals surface area contributed by atoms with Crippen LogP contribution in [-0.4, -0.2) is 4.98 Å². The van der Waals surface area contributed by atoms with E-state index in [1.54, 1.807) is 6.20 Å². The lowest BCUT2D eigenvalue weighted by molar-refractivity contribution is 0.976. The van der Waals surface area contributed by atoms with Gasteiger partial charge in [0.15, 0.2) is 0 Å². The fraction of sp³-hybridized carbons (Fsp3) is 0.300. The lowest BCUT2D eigenvalue weighted by atomic mass is 9.99. The van der Waals surface area contributed by atoms with E-state index in [1.165, 1.54) is 5.56 Å². The monoisotopic (exact) mass is 145 g/mol. The van der Waals surface area contributed by atoms with Crippen LogP contribution in [0.25, 0.3) is 0 Å². The zero-order valence-electron chi connectivity index (χ0n) is 6.83. The SMILES string of the molecule is C#CC(C)c1ccncc1C. The van der Waals surface area contributed by atoms with Crippen molar-refractivity contribution in [3.8, 4) is 12.3 Å². The molecule has 0 radical (unpaired) electrons. The van der Waals surface area contributed by atoms with Crippen LogP contribution in [0.3, 0.4) is 0 Å². The quantitative estimate of drug-likeness (QED) is 0.552. The number of pyridine rings is 1. The van der Waals surface area contributed by atoms with E-state index in [2.05, 4.69) is 10.9 Å². The summed E-state index contributed by atoms with van der Waals surface area (Å²) < 4.78 is 0. The molecule has 0 aliphatic heterocycles. The summed E-state index contributed by atoms with van der Waals surface area (Å²) in [7, 11) is 0. The third-order valence-electron chi connectivity index (χ3n) is 1.78. The molecule has 1 aromatic rings. The van der Waals surface area contributed by atoms with E-state index in [0.717, 1.165) is 5.56 Å². The van der Waals surface area contributed by atoms with E-state index in [9.17, 15) is 0 Å².